The molecular formula is C15H25N3O. The van der Waals surface area contributed by atoms with E-state index in [0.717, 1.165) is 11.4 Å². The quantitative estimate of drug-likeness (QED) is 0.876. The van der Waals surface area contributed by atoms with E-state index in [1.165, 1.54) is 5.56 Å². The van der Waals surface area contributed by atoms with Gasteiger partial charge in [0.2, 0.25) is 5.91 Å². The molecule has 106 valence electrons. The lowest BCUT2D eigenvalue weighted by Gasteiger charge is -2.21. The molecule has 0 saturated heterocycles. The van der Waals surface area contributed by atoms with Crippen molar-refractivity contribution in [1.82, 2.24) is 5.32 Å². The van der Waals surface area contributed by atoms with Crippen LogP contribution in [0.15, 0.2) is 18.2 Å². The molecule has 0 aromatic heterocycles. The van der Waals surface area contributed by atoms with Gasteiger partial charge >= 0.3 is 0 Å². The van der Waals surface area contributed by atoms with Crippen molar-refractivity contribution in [3.8, 4) is 0 Å². The van der Waals surface area contributed by atoms with E-state index in [1.807, 2.05) is 40.9 Å². The highest BCUT2D eigenvalue weighted by molar-refractivity contribution is 5.81. The van der Waals surface area contributed by atoms with Gasteiger partial charge in [0.1, 0.15) is 0 Å². The maximum absolute atomic E-state index is 11.7. The Balaban J connectivity index is 2.64. The molecule has 1 aromatic carbocycles. The Hall–Kier alpha value is -1.71. The topological polar surface area (TPSA) is 44.4 Å². The molecule has 0 radical (unpaired) electrons. The van der Waals surface area contributed by atoms with E-state index < -0.39 is 0 Å². The molecular weight excluding hydrogens is 238 g/mol. The van der Waals surface area contributed by atoms with Gasteiger partial charge in [-0.3, -0.25) is 4.79 Å². The summed E-state index contributed by atoms with van der Waals surface area (Å²) < 4.78 is 0. The Morgan fingerprint density at radius 1 is 1.26 bits per heavy atom. The zero-order chi connectivity index (χ0) is 14.6. The third kappa shape index (κ3) is 5.20. The highest BCUT2D eigenvalue weighted by Crippen LogP contribution is 2.22. The molecule has 2 N–H and O–H groups in total. The SMILES string of the molecule is Cc1ccc(NCC(=O)NC(C)(C)C)cc1N(C)C. The minimum absolute atomic E-state index is 0.000483. The first kappa shape index (κ1) is 15.3. The fourth-order valence-electron chi connectivity index (χ4n) is 1.85. The van der Waals surface area contributed by atoms with Crippen LogP contribution >= 0.6 is 0 Å². The maximum atomic E-state index is 11.7. The third-order valence-corrected chi connectivity index (χ3v) is 2.66. The van der Waals surface area contributed by atoms with Crippen molar-refractivity contribution >= 4 is 17.3 Å². The van der Waals surface area contributed by atoms with Crippen molar-refractivity contribution in [1.29, 1.82) is 0 Å². The lowest BCUT2D eigenvalue weighted by atomic mass is 10.1. The number of rotatable bonds is 4. The van der Waals surface area contributed by atoms with Gasteiger partial charge in [0.05, 0.1) is 6.54 Å². The number of carbonyl (C=O) groups is 1. The van der Waals surface area contributed by atoms with Gasteiger partial charge in [-0.2, -0.15) is 0 Å². The summed E-state index contributed by atoms with van der Waals surface area (Å²) in [6, 6.07) is 6.10. The van der Waals surface area contributed by atoms with Gasteiger partial charge in [0.15, 0.2) is 0 Å². The van der Waals surface area contributed by atoms with Crippen molar-refractivity contribution in [2.45, 2.75) is 33.2 Å². The molecule has 0 spiro atoms. The lowest BCUT2D eigenvalue weighted by Crippen LogP contribution is -2.43. The summed E-state index contributed by atoms with van der Waals surface area (Å²) in [5, 5.41) is 6.08. The molecule has 1 aromatic rings. The van der Waals surface area contributed by atoms with Gasteiger partial charge in [-0.15, -0.1) is 0 Å². The number of aryl methyl sites for hydroxylation is 1. The lowest BCUT2D eigenvalue weighted by molar-refractivity contribution is -0.120. The molecule has 0 fully saturated rings. The molecule has 0 aliphatic rings. The Bertz CT molecular complexity index is 447. The molecule has 1 amide bonds. The van der Waals surface area contributed by atoms with Crippen molar-refractivity contribution in [3.63, 3.8) is 0 Å². The van der Waals surface area contributed by atoms with Crippen molar-refractivity contribution in [2.75, 3.05) is 30.9 Å². The summed E-state index contributed by atoms with van der Waals surface area (Å²) in [6.45, 7) is 8.28. The molecule has 0 aliphatic carbocycles. The Morgan fingerprint density at radius 3 is 2.42 bits per heavy atom. The molecule has 0 atom stereocenters. The van der Waals surface area contributed by atoms with Crippen LogP contribution in [0.25, 0.3) is 0 Å². The van der Waals surface area contributed by atoms with Crippen molar-refractivity contribution in [3.05, 3.63) is 23.8 Å². The second kappa shape index (κ2) is 5.95. The molecule has 19 heavy (non-hydrogen) atoms. The number of benzene rings is 1. The van der Waals surface area contributed by atoms with Crippen LogP contribution in [0.5, 0.6) is 0 Å². The fourth-order valence-corrected chi connectivity index (χ4v) is 1.85. The average Bonchev–Trinajstić information content (AvgIpc) is 2.25. The predicted molar refractivity (Wildman–Crippen MR) is 81.9 cm³/mol. The van der Waals surface area contributed by atoms with Gasteiger partial charge in [0.25, 0.3) is 0 Å². The molecule has 0 bridgehead atoms. The predicted octanol–water partition coefficient (Wildman–Crippen LogP) is 2.39. The molecule has 0 saturated carbocycles. The zero-order valence-electron chi connectivity index (χ0n) is 12.8. The zero-order valence-corrected chi connectivity index (χ0v) is 12.8. The molecule has 0 heterocycles. The van der Waals surface area contributed by atoms with Crippen molar-refractivity contribution in [2.24, 2.45) is 0 Å². The van der Waals surface area contributed by atoms with Crippen molar-refractivity contribution < 1.29 is 4.79 Å². The van der Waals surface area contributed by atoms with E-state index in [-0.39, 0.29) is 18.0 Å². The van der Waals surface area contributed by atoms with E-state index in [2.05, 4.69) is 34.6 Å². The van der Waals surface area contributed by atoms with E-state index in [9.17, 15) is 4.79 Å². The Labute approximate surface area is 116 Å². The number of nitrogens with one attached hydrogen (secondary N) is 2. The highest BCUT2D eigenvalue weighted by Gasteiger charge is 2.13. The first-order valence-corrected chi connectivity index (χ1v) is 6.52. The van der Waals surface area contributed by atoms with Crippen LogP contribution in [0.3, 0.4) is 0 Å². The average molecular weight is 263 g/mol. The minimum atomic E-state index is -0.194. The van der Waals surface area contributed by atoms with Gasteiger partial charge in [-0.25, -0.2) is 0 Å². The third-order valence-electron chi connectivity index (χ3n) is 2.66. The minimum Gasteiger partial charge on any atom is -0.377 e. The maximum Gasteiger partial charge on any atom is 0.239 e. The molecule has 0 unspecified atom stereocenters. The van der Waals surface area contributed by atoms with Crippen LogP contribution in [0.1, 0.15) is 26.3 Å². The van der Waals surface area contributed by atoms with E-state index in [1.54, 1.807) is 0 Å². The number of hydrogen-bond acceptors (Lipinski definition) is 3. The molecule has 4 nitrogen and oxygen atoms in total. The van der Waals surface area contributed by atoms with Gasteiger partial charge in [0, 0.05) is 31.0 Å². The Morgan fingerprint density at radius 2 is 1.89 bits per heavy atom. The summed E-state index contributed by atoms with van der Waals surface area (Å²) >= 11 is 0. The smallest absolute Gasteiger partial charge is 0.239 e. The number of hydrogen-bond donors (Lipinski definition) is 2. The van der Waals surface area contributed by atoms with E-state index >= 15 is 0 Å². The van der Waals surface area contributed by atoms with E-state index in [4.69, 9.17) is 0 Å². The Kier molecular flexibility index (Phi) is 4.81. The monoisotopic (exact) mass is 263 g/mol. The number of amides is 1. The summed E-state index contributed by atoms with van der Waals surface area (Å²) in [7, 11) is 4.02. The largest absolute Gasteiger partial charge is 0.377 e. The molecule has 1 rings (SSSR count). The second-order valence-corrected chi connectivity index (χ2v) is 6.05. The number of carbonyl (C=O) groups excluding carboxylic acids is 1. The van der Waals surface area contributed by atoms with Crippen LogP contribution in [0.4, 0.5) is 11.4 Å². The van der Waals surface area contributed by atoms with Gasteiger partial charge < -0.3 is 15.5 Å². The first-order chi connectivity index (χ1) is 8.69. The van der Waals surface area contributed by atoms with Crippen LogP contribution in [-0.4, -0.2) is 32.1 Å². The highest BCUT2D eigenvalue weighted by atomic mass is 16.2. The van der Waals surface area contributed by atoms with Crippen LogP contribution in [0, 0.1) is 6.92 Å². The van der Waals surface area contributed by atoms with Crippen LogP contribution in [0.2, 0.25) is 0 Å². The normalized spacial score (nSPS) is 11.1. The summed E-state index contributed by atoms with van der Waals surface area (Å²) in [5.41, 5.74) is 3.13. The standard InChI is InChI=1S/C15H25N3O/c1-11-7-8-12(9-13(11)18(5)6)16-10-14(19)17-15(2,3)4/h7-9,16H,10H2,1-6H3,(H,17,19). The summed E-state index contributed by atoms with van der Waals surface area (Å²) in [5.74, 6) is -0.000483. The fraction of sp³-hybridized carbons (Fsp3) is 0.533. The van der Waals surface area contributed by atoms with E-state index in [0.29, 0.717) is 0 Å². The second-order valence-electron chi connectivity index (χ2n) is 6.05. The van der Waals surface area contributed by atoms with Crippen LogP contribution < -0.4 is 15.5 Å². The first-order valence-electron chi connectivity index (χ1n) is 6.52. The van der Waals surface area contributed by atoms with Crippen LogP contribution in [-0.2, 0) is 4.79 Å². The van der Waals surface area contributed by atoms with Gasteiger partial charge in [-0.05, 0) is 45.4 Å². The number of anilines is 2. The molecule has 4 heteroatoms. The molecule has 0 aliphatic heterocycles. The summed E-state index contributed by atoms with van der Waals surface area (Å²) in [6.07, 6.45) is 0. The number of nitrogens with zero attached hydrogens (tertiary/aromatic N) is 1. The van der Waals surface area contributed by atoms with Gasteiger partial charge in [-0.1, -0.05) is 6.07 Å². The summed E-state index contributed by atoms with van der Waals surface area (Å²) in [4.78, 5) is 13.8.